The fourth-order valence-electron chi connectivity index (χ4n) is 12.7. The van der Waals surface area contributed by atoms with E-state index in [2.05, 4.69) is 60.5 Å². The molecule has 36 nitrogen and oxygen atoms in total. The number of hydrogen-bond acceptors (Lipinski definition) is 25. The van der Waals surface area contributed by atoms with Gasteiger partial charge in [0.1, 0.15) is 57.6 Å². The van der Waals surface area contributed by atoms with Crippen molar-refractivity contribution in [2.75, 3.05) is 26.2 Å². The van der Waals surface area contributed by atoms with Crippen molar-refractivity contribution in [1.29, 1.82) is 0 Å². The lowest BCUT2D eigenvalue weighted by atomic mass is 9.85. The molecule has 0 aromatic carbocycles. The molecule has 0 aromatic heterocycles. The van der Waals surface area contributed by atoms with Crippen LogP contribution in [0.25, 0.3) is 0 Å². The summed E-state index contributed by atoms with van der Waals surface area (Å²) in [4.78, 5) is 141. The largest absolute Gasteiger partial charge is 0.480 e. The van der Waals surface area contributed by atoms with Gasteiger partial charge < -0.3 is 71.2 Å². The minimum absolute atomic E-state index is 0. The van der Waals surface area contributed by atoms with Gasteiger partial charge in [-0.25, -0.2) is 44.4 Å². The normalized spacial score (nSPS) is 30.1. The van der Waals surface area contributed by atoms with Crippen molar-refractivity contribution in [2.45, 2.75) is 270 Å². The van der Waals surface area contributed by atoms with Gasteiger partial charge in [0.15, 0.2) is 0 Å². The van der Waals surface area contributed by atoms with E-state index in [0.717, 1.165) is 9.80 Å². The van der Waals surface area contributed by atoms with Crippen LogP contribution >= 0.6 is 12.4 Å². The van der Waals surface area contributed by atoms with Gasteiger partial charge in [-0.2, -0.15) is 0 Å². The molecule has 4 saturated heterocycles. The summed E-state index contributed by atoms with van der Waals surface area (Å²) in [5.41, 5.74) is -7.23. The summed E-state index contributed by atoms with van der Waals surface area (Å²) in [7, 11) is -11.3. The molecule has 40 heteroatoms. The Morgan fingerprint density at radius 2 is 0.787 bits per heavy atom. The monoisotopic (exact) mass is 1610 g/mol. The standard InChI is InChI=1S/C25H40N4O8S.C19H29N3O7S.C14H21N3O5S.C10H17NO5.ClH/c1-8-14-12-25(14,21(33)28-38(35,36)16-9-10-16)27-19(31)17-11-15(30)13-29(17)20(32)18(23(2,3)4)26-22(34)37-24(5,6)7;1-5-11-9-19(11,16(25)21-30(27,28)13-6-7-13)20-15(24)14-8-12(23)10-22(14)17(26)29-18(2,3)4;1-2-8-6-14(8,13(20)17-23(21,22)10-3-4-10)16-12(19)11-5-9(18)7-15-11;1-10(2,3)16-9(15)11-5-6(12)4-7(11)8(13)14;/h8,14-18,30H,1,9-13H2,2-7H3,(H,26,34)(H,27,31)(H,28,33);5,11-14,23H,1,6-10H2,2-4H3,(H,20,24)(H,21,25);2,8-11,15,18H,1,3-7H2,(H,16,19)(H,17,20);6-7,12H,4-5H2,1-3H3,(H,13,14);1H/t14?,15-,17+,18-,25?;11?,12-,14+,19?;8?,9-,11+,14?;6-,7+;/m1111./s1. The van der Waals surface area contributed by atoms with E-state index in [0.29, 0.717) is 51.5 Å². The van der Waals surface area contributed by atoms with Gasteiger partial charge in [-0.05, 0) is 132 Å². The van der Waals surface area contributed by atoms with E-state index < -0.39 is 217 Å². The van der Waals surface area contributed by atoms with E-state index in [1.54, 1.807) is 89.2 Å². The van der Waals surface area contributed by atoms with Crippen LogP contribution in [0.4, 0.5) is 14.4 Å². The molecule has 10 amide bonds. The Balaban J connectivity index is 0.000000234. The van der Waals surface area contributed by atoms with E-state index in [1.165, 1.54) is 17.1 Å². The van der Waals surface area contributed by atoms with Gasteiger partial charge in [-0.1, -0.05) is 39.0 Å². The Kier molecular flexibility index (Phi) is 27.7. The van der Waals surface area contributed by atoms with Gasteiger partial charge in [0.25, 0.3) is 17.7 Å². The first-order valence-corrected chi connectivity index (χ1v) is 40.2. The second kappa shape index (κ2) is 33.4. The molecule has 6 unspecified atom stereocenters. The number of sulfonamides is 3. The zero-order valence-electron chi connectivity index (χ0n) is 62.9. The molecule has 108 heavy (non-hydrogen) atoms. The van der Waals surface area contributed by atoms with Crippen LogP contribution in [0.5, 0.6) is 0 Å². The lowest BCUT2D eigenvalue weighted by Gasteiger charge is -2.36. The van der Waals surface area contributed by atoms with Crippen LogP contribution < -0.4 is 40.8 Å². The third kappa shape index (κ3) is 22.9. The smallest absolute Gasteiger partial charge is 0.411 e. The highest BCUT2D eigenvalue weighted by Crippen LogP contribution is 2.48. The number of carbonyl (C=O) groups excluding carboxylic acids is 10. The van der Waals surface area contributed by atoms with Crippen molar-refractivity contribution in [2.24, 2.45) is 23.2 Å². The predicted octanol–water partition coefficient (Wildman–Crippen LogP) is -0.176. The molecule has 0 spiro atoms. The number of carbonyl (C=O) groups is 11. The number of carboxylic acid groups (broad SMARTS) is 1. The Bertz CT molecular complexity index is 3850. The highest BCUT2D eigenvalue weighted by molar-refractivity contribution is 7.91. The molecule has 6 aliphatic carbocycles. The minimum Gasteiger partial charge on any atom is -0.480 e. The number of nitrogens with zero attached hydrogens (tertiary/aromatic N) is 3. The average molecular weight is 1610 g/mol. The highest BCUT2D eigenvalue weighted by Gasteiger charge is 2.65. The molecule has 0 bridgehead atoms. The molecule has 0 aromatic rings. The summed E-state index contributed by atoms with van der Waals surface area (Å²) >= 11 is 0. The maximum Gasteiger partial charge on any atom is 0.411 e. The van der Waals surface area contributed by atoms with E-state index >= 15 is 0 Å². The molecular formula is C68H108ClN11O25S3. The SMILES string of the molecule is C=CC1CC1(NC(=O)[C@@H]1C[C@@H](O)CN1)C(=O)NS(=O)(=O)C1CC1.C=CC1CC1(NC(=O)[C@@H]1C[C@@H](O)CN1C(=O)OC(C)(C)C)C(=O)NS(=O)(=O)C1CC1.C=CC1CC1(NC(=O)[C@@H]1C[C@@H](O)CN1C(=O)[C@@H](NC(=O)OC(C)(C)C)C(C)(C)C)C(=O)NS(=O)(=O)C1CC1.CC(C)(C)OC(=O)N1C[C@H](O)C[C@H]1C(=O)O.Cl. The van der Waals surface area contributed by atoms with E-state index in [1.807, 2.05) is 0 Å². The molecular weight excluding hydrogens is 1500 g/mol. The van der Waals surface area contributed by atoms with Crippen LogP contribution in [0.15, 0.2) is 38.0 Å². The molecule has 10 aliphatic rings. The summed E-state index contributed by atoms with van der Waals surface area (Å²) in [5, 5.41) is 59.7. The number of β-amino-alcohol motifs (C(OH)–C–C–N with tert-alkyl or cyclic N) is 4. The predicted molar refractivity (Wildman–Crippen MR) is 389 cm³/mol. The first-order valence-electron chi connectivity index (χ1n) is 35.6. The Morgan fingerprint density at radius 3 is 1.07 bits per heavy atom. The highest BCUT2D eigenvalue weighted by atomic mass is 35.5. The number of nitrogens with one attached hydrogen (secondary N) is 8. The average Bonchev–Trinajstić information content (AvgIpc) is 1.58. The van der Waals surface area contributed by atoms with Crippen LogP contribution in [0.1, 0.15) is 167 Å². The van der Waals surface area contributed by atoms with Crippen LogP contribution in [0, 0.1) is 23.2 Å². The lowest BCUT2D eigenvalue weighted by Crippen LogP contribution is -2.60. The number of ether oxygens (including phenoxy) is 3. The van der Waals surface area contributed by atoms with Gasteiger partial charge in [0.05, 0.1) is 59.3 Å². The van der Waals surface area contributed by atoms with Crippen molar-refractivity contribution in [3.8, 4) is 0 Å². The lowest BCUT2D eigenvalue weighted by molar-refractivity contribution is -0.143. The second-order valence-electron chi connectivity index (χ2n) is 33.2. The number of alkyl carbamates (subject to hydrolysis) is 1. The number of amides is 10. The van der Waals surface area contributed by atoms with E-state index in [-0.39, 0.29) is 76.5 Å². The first-order chi connectivity index (χ1) is 49.1. The molecule has 0 radical (unpaired) electrons. The Morgan fingerprint density at radius 1 is 0.472 bits per heavy atom. The van der Waals surface area contributed by atoms with Crippen LogP contribution in [0.2, 0.25) is 0 Å². The summed E-state index contributed by atoms with van der Waals surface area (Å²) in [6.07, 6.45) is 2.87. The molecule has 10 fully saturated rings. The van der Waals surface area contributed by atoms with Gasteiger partial charge in [-0.3, -0.25) is 57.5 Å². The molecule has 4 heterocycles. The second-order valence-corrected chi connectivity index (χ2v) is 39.0. The number of carboxylic acids is 1. The van der Waals surface area contributed by atoms with E-state index in [9.17, 15) is 98.4 Å². The van der Waals surface area contributed by atoms with Crippen molar-refractivity contribution in [3.63, 3.8) is 0 Å². The maximum absolute atomic E-state index is 13.6. The third-order valence-corrected chi connectivity index (χ3v) is 24.7. The van der Waals surface area contributed by atoms with Gasteiger partial charge in [0.2, 0.25) is 53.7 Å². The van der Waals surface area contributed by atoms with Crippen LogP contribution in [-0.2, 0) is 82.6 Å². The third-order valence-electron chi connectivity index (χ3n) is 19.2. The van der Waals surface area contributed by atoms with E-state index in [4.69, 9.17) is 19.3 Å². The number of aliphatic hydroxyl groups excluding tert-OH is 4. The summed E-state index contributed by atoms with van der Waals surface area (Å²) < 4.78 is 94.8. The fourth-order valence-corrected chi connectivity index (χ4v) is 16.8. The molecule has 6 saturated carbocycles. The van der Waals surface area contributed by atoms with Gasteiger partial charge in [0, 0.05) is 50.1 Å². The Hall–Kier alpha value is -7.27. The summed E-state index contributed by atoms with van der Waals surface area (Å²) in [6, 6.07) is -4.84. The topological polar surface area (TPSA) is 525 Å². The van der Waals surface area contributed by atoms with Gasteiger partial charge >= 0.3 is 24.2 Å². The maximum atomic E-state index is 13.6. The van der Waals surface area contributed by atoms with Crippen LogP contribution in [-0.4, -0.2) is 261 Å². The van der Waals surface area contributed by atoms with Crippen molar-refractivity contribution in [1.82, 2.24) is 55.4 Å². The summed E-state index contributed by atoms with van der Waals surface area (Å²) in [6.45, 7) is 31.5. The van der Waals surface area contributed by atoms with Crippen molar-refractivity contribution < 1.29 is 118 Å². The molecule has 15 atom stereocenters. The van der Waals surface area contributed by atoms with Gasteiger partial charge in [-0.15, -0.1) is 32.1 Å². The first kappa shape index (κ1) is 89.6. The zero-order valence-corrected chi connectivity index (χ0v) is 66.2. The minimum atomic E-state index is -3.84. The number of hydrogen-bond donors (Lipinski definition) is 13. The van der Waals surface area contributed by atoms with Crippen LogP contribution in [0.3, 0.4) is 0 Å². The number of likely N-dealkylation sites (tertiary alicyclic amines) is 3. The summed E-state index contributed by atoms with van der Waals surface area (Å²) in [5.74, 6) is -7.08. The quantitative estimate of drug-likeness (QED) is 0.0524. The fraction of sp³-hybridized carbons (Fsp3) is 0.750. The number of halogens is 1. The molecule has 4 aliphatic heterocycles. The van der Waals surface area contributed by atoms with Crippen molar-refractivity contribution >= 4 is 108 Å². The number of aliphatic carboxylic acids is 1. The number of aliphatic hydroxyl groups is 4. The zero-order chi connectivity index (χ0) is 80.7. The number of rotatable bonds is 21. The molecule has 13 N–H and O–H groups in total. The molecule has 610 valence electrons. The van der Waals surface area contributed by atoms with Crippen molar-refractivity contribution in [3.05, 3.63) is 38.0 Å². The Labute approximate surface area is 635 Å². The molecule has 10 rings (SSSR count).